The molecule has 7 heteroatoms. The number of hydrogen-bond acceptors (Lipinski definition) is 4. The number of aliphatic carboxylic acids is 1. The van der Waals surface area contributed by atoms with Crippen LogP contribution in [0.5, 0.6) is 0 Å². The van der Waals surface area contributed by atoms with Crippen LogP contribution in [0.25, 0.3) is 6.08 Å². The standard InChI is InChI=1S/C12H12N2O4S/c13-8-11-4-1-3-10(7-11)5-2-6-14-19(17,18)9-12(15)16/h1-5,7,14H,6,9H2,(H,15,16)/b5-2+. The number of carboxylic acids is 1. The largest absolute Gasteiger partial charge is 0.480 e. The molecule has 0 fully saturated rings. The molecule has 0 radical (unpaired) electrons. The van der Waals surface area contributed by atoms with Crippen molar-refractivity contribution in [2.45, 2.75) is 0 Å². The van der Waals surface area contributed by atoms with Gasteiger partial charge in [-0.25, -0.2) is 13.1 Å². The molecule has 0 atom stereocenters. The summed E-state index contributed by atoms with van der Waals surface area (Å²) in [6.45, 7) is -0.00755. The lowest BCUT2D eigenvalue weighted by Gasteiger charge is -2.00. The molecule has 0 amide bonds. The van der Waals surface area contributed by atoms with E-state index in [4.69, 9.17) is 10.4 Å². The van der Waals surface area contributed by atoms with Crippen LogP contribution in [0.3, 0.4) is 0 Å². The summed E-state index contributed by atoms with van der Waals surface area (Å²) in [6.07, 6.45) is 3.18. The molecule has 0 aliphatic rings. The van der Waals surface area contributed by atoms with Crippen molar-refractivity contribution in [3.63, 3.8) is 0 Å². The second-order valence-electron chi connectivity index (χ2n) is 3.64. The van der Waals surface area contributed by atoms with Gasteiger partial charge in [0.15, 0.2) is 5.75 Å². The highest BCUT2D eigenvalue weighted by atomic mass is 32.2. The summed E-state index contributed by atoms with van der Waals surface area (Å²) >= 11 is 0. The molecule has 0 saturated heterocycles. The van der Waals surface area contributed by atoms with Crippen molar-refractivity contribution >= 4 is 22.1 Å². The molecule has 0 aliphatic carbocycles. The summed E-state index contributed by atoms with van der Waals surface area (Å²) in [6, 6.07) is 8.79. The van der Waals surface area contributed by atoms with Crippen LogP contribution in [0.2, 0.25) is 0 Å². The Morgan fingerprint density at radius 1 is 1.47 bits per heavy atom. The van der Waals surface area contributed by atoms with Gasteiger partial charge in [-0.05, 0) is 17.7 Å². The molecule has 0 bridgehead atoms. The minimum Gasteiger partial charge on any atom is -0.480 e. The van der Waals surface area contributed by atoms with Gasteiger partial charge < -0.3 is 5.11 Å². The van der Waals surface area contributed by atoms with Gasteiger partial charge in [0.05, 0.1) is 11.6 Å². The van der Waals surface area contributed by atoms with Gasteiger partial charge in [0.2, 0.25) is 10.0 Å². The Balaban J connectivity index is 2.55. The normalized spacial score (nSPS) is 11.3. The summed E-state index contributed by atoms with van der Waals surface area (Å²) in [7, 11) is -3.80. The summed E-state index contributed by atoms with van der Waals surface area (Å²) in [4.78, 5) is 10.3. The maximum Gasteiger partial charge on any atom is 0.320 e. The predicted molar refractivity (Wildman–Crippen MR) is 69.6 cm³/mol. The molecule has 6 nitrogen and oxygen atoms in total. The third-order valence-electron chi connectivity index (χ3n) is 2.06. The van der Waals surface area contributed by atoms with Crippen molar-refractivity contribution in [2.24, 2.45) is 0 Å². The van der Waals surface area contributed by atoms with E-state index in [1.54, 1.807) is 30.3 Å². The first-order valence-electron chi connectivity index (χ1n) is 5.29. The van der Waals surface area contributed by atoms with E-state index in [0.717, 1.165) is 5.56 Å². The van der Waals surface area contributed by atoms with Gasteiger partial charge in [-0.1, -0.05) is 24.3 Å². The zero-order chi connectivity index (χ0) is 14.3. The second kappa shape index (κ2) is 6.68. The van der Waals surface area contributed by atoms with Crippen molar-refractivity contribution < 1.29 is 18.3 Å². The fourth-order valence-corrected chi connectivity index (χ4v) is 2.07. The molecule has 0 aliphatic heterocycles. The summed E-state index contributed by atoms with van der Waals surface area (Å²) in [5.74, 6) is -2.36. The van der Waals surface area contributed by atoms with E-state index < -0.39 is 21.7 Å². The molecule has 100 valence electrons. The minimum atomic E-state index is -3.80. The summed E-state index contributed by atoms with van der Waals surface area (Å²) in [5, 5.41) is 17.1. The van der Waals surface area contributed by atoms with Gasteiger partial charge >= 0.3 is 5.97 Å². The summed E-state index contributed by atoms with van der Waals surface area (Å²) in [5.41, 5.74) is 1.27. The van der Waals surface area contributed by atoms with Crippen LogP contribution in [0.1, 0.15) is 11.1 Å². The molecule has 1 aromatic rings. The van der Waals surface area contributed by atoms with Gasteiger partial charge in [-0.15, -0.1) is 0 Å². The highest BCUT2D eigenvalue weighted by Crippen LogP contribution is 2.05. The van der Waals surface area contributed by atoms with E-state index in [0.29, 0.717) is 5.56 Å². The van der Waals surface area contributed by atoms with E-state index in [1.807, 2.05) is 6.07 Å². The maximum atomic E-state index is 11.2. The van der Waals surface area contributed by atoms with Crippen molar-refractivity contribution in [2.75, 3.05) is 12.3 Å². The highest BCUT2D eigenvalue weighted by molar-refractivity contribution is 7.90. The number of benzene rings is 1. The monoisotopic (exact) mass is 280 g/mol. The molecule has 0 aromatic heterocycles. The van der Waals surface area contributed by atoms with Crippen molar-refractivity contribution in [3.8, 4) is 6.07 Å². The number of nitrogens with one attached hydrogen (secondary N) is 1. The Labute approximate surface area is 111 Å². The summed E-state index contributed by atoms with van der Waals surface area (Å²) < 4.78 is 24.5. The molecule has 1 rings (SSSR count). The van der Waals surface area contributed by atoms with Crippen LogP contribution < -0.4 is 4.72 Å². The Bertz CT molecular complexity index is 629. The topological polar surface area (TPSA) is 107 Å². The fraction of sp³-hybridized carbons (Fsp3) is 0.167. The molecular weight excluding hydrogens is 268 g/mol. The third kappa shape index (κ3) is 5.81. The lowest BCUT2D eigenvalue weighted by molar-refractivity contribution is -0.134. The molecule has 0 saturated carbocycles. The first kappa shape index (κ1) is 14.9. The lowest BCUT2D eigenvalue weighted by atomic mass is 10.1. The number of hydrogen-bond donors (Lipinski definition) is 2. The van der Waals surface area contributed by atoms with Crippen molar-refractivity contribution in [3.05, 3.63) is 41.5 Å². The van der Waals surface area contributed by atoms with E-state index in [1.165, 1.54) is 6.08 Å². The number of sulfonamides is 1. The van der Waals surface area contributed by atoms with Gasteiger partial charge in [0, 0.05) is 6.54 Å². The number of carbonyl (C=O) groups is 1. The van der Waals surface area contributed by atoms with Gasteiger partial charge in [0.25, 0.3) is 0 Å². The average Bonchev–Trinajstić information content (AvgIpc) is 2.33. The molecule has 0 unspecified atom stereocenters. The Morgan fingerprint density at radius 2 is 2.21 bits per heavy atom. The van der Waals surface area contributed by atoms with Crippen LogP contribution in [0.15, 0.2) is 30.3 Å². The fourth-order valence-electron chi connectivity index (χ4n) is 1.30. The van der Waals surface area contributed by atoms with Gasteiger partial charge in [0.1, 0.15) is 0 Å². The van der Waals surface area contributed by atoms with E-state index in [2.05, 4.69) is 4.72 Å². The average molecular weight is 280 g/mol. The van der Waals surface area contributed by atoms with Crippen LogP contribution in [0, 0.1) is 11.3 Å². The molecular formula is C12H12N2O4S. The van der Waals surface area contributed by atoms with Crippen LogP contribution >= 0.6 is 0 Å². The quantitative estimate of drug-likeness (QED) is 0.792. The SMILES string of the molecule is N#Cc1cccc(/C=C/CNS(=O)(=O)CC(=O)O)c1. The number of carboxylic acid groups (broad SMARTS) is 1. The zero-order valence-corrected chi connectivity index (χ0v) is 10.7. The lowest BCUT2D eigenvalue weighted by Crippen LogP contribution is -2.29. The number of nitrogens with zero attached hydrogens (tertiary/aromatic N) is 1. The molecule has 0 heterocycles. The smallest absolute Gasteiger partial charge is 0.320 e. The Morgan fingerprint density at radius 3 is 2.84 bits per heavy atom. The minimum absolute atomic E-state index is 0.00755. The van der Waals surface area contributed by atoms with Crippen LogP contribution in [0.4, 0.5) is 0 Å². The zero-order valence-electron chi connectivity index (χ0n) is 9.91. The number of nitriles is 1. The second-order valence-corrected chi connectivity index (χ2v) is 5.45. The van der Waals surface area contributed by atoms with E-state index in [9.17, 15) is 13.2 Å². The Hall–Kier alpha value is -2.17. The Kier molecular flexibility index (Phi) is 5.23. The van der Waals surface area contributed by atoms with Crippen molar-refractivity contribution in [1.82, 2.24) is 4.72 Å². The van der Waals surface area contributed by atoms with Crippen molar-refractivity contribution in [1.29, 1.82) is 5.26 Å². The molecule has 19 heavy (non-hydrogen) atoms. The highest BCUT2D eigenvalue weighted by Gasteiger charge is 2.13. The van der Waals surface area contributed by atoms with Gasteiger partial charge in [-0.3, -0.25) is 4.79 Å². The van der Waals surface area contributed by atoms with Crippen LogP contribution in [-0.2, 0) is 14.8 Å². The van der Waals surface area contributed by atoms with Crippen LogP contribution in [-0.4, -0.2) is 31.8 Å². The molecule has 0 spiro atoms. The van der Waals surface area contributed by atoms with E-state index >= 15 is 0 Å². The first-order valence-corrected chi connectivity index (χ1v) is 6.94. The predicted octanol–water partition coefficient (Wildman–Crippen LogP) is 0.575. The molecule has 1 aromatic carbocycles. The molecule has 2 N–H and O–H groups in total. The van der Waals surface area contributed by atoms with E-state index in [-0.39, 0.29) is 6.54 Å². The number of rotatable bonds is 6. The maximum absolute atomic E-state index is 11.2. The van der Waals surface area contributed by atoms with Gasteiger partial charge in [-0.2, -0.15) is 5.26 Å². The first-order chi connectivity index (χ1) is 8.93. The third-order valence-corrected chi connectivity index (χ3v) is 3.29.